The Morgan fingerprint density at radius 1 is 0.737 bits per heavy atom. The Morgan fingerprint density at radius 3 is 2.11 bits per heavy atom. The average molecular weight is 445 g/mol. The van der Waals surface area contributed by atoms with E-state index in [9.17, 15) is 0 Å². The van der Waals surface area contributed by atoms with Gasteiger partial charge >= 0.3 is 0 Å². The highest BCUT2D eigenvalue weighted by Gasteiger charge is 2.25. The Balaban J connectivity index is 2.17. The number of fused-ring (bicyclic) bond motifs is 2. The van der Waals surface area contributed by atoms with Crippen molar-refractivity contribution in [2.45, 2.75) is 0 Å². The van der Waals surface area contributed by atoms with Crippen LogP contribution in [-0.4, -0.2) is 0 Å². The summed E-state index contributed by atoms with van der Waals surface area (Å²) >= 11 is 24.9. The smallest absolute Gasteiger partial charge is 0.190 e. The van der Waals surface area contributed by atoms with Gasteiger partial charge in [-0.1, -0.05) is 34.8 Å². The SMILES string of the molecule is Clc1cc2c(cc1Br)Oc1cc(Br)c(Cl)c(Cl)c1O2. The monoisotopic (exact) mass is 442 g/mol. The van der Waals surface area contributed by atoms with Crippen LogP contribution in [0.1, 0.15) is 0 Å². The molecule has 0 fully saturated rings. The number of hydrogen-bond donors (Lipinski definition) is 0. The Labute approximate surface area is 140 Å². The highest BCUT2D eigenvalue weighted by molar-refractivity contribution is 9.10. The van der Waals surface area contributed by atoms with Gasteiger partial charge in [-0.15, -0.1) is 0 Å². The molecular weight excluding hydrogens is 442 g/mol. The number of ether oxygens (including phenoxy) is 2. The fourth-order valence-electron chi connectivity index (χ4n) is 1.63. The maximum atomic E-state index is 6.14. The molecule has 7 heteroatoms. The molecule has 2 aromatic rings. The van der Waals surface area contributed by atoms with E-state index in [2.05, 4.69) is 31.9 Å². The lowest BCUT2D eigenvalue weighted by Crippen LogP contribution is -2.00. The highest BCUT2D eigenvalue weighted by atomic mass is 79.9. The molecule has 0 N–H and O–H groups in total. The Morgan fingerprint density at radius 2 is 1.37 bits per heavy atom. The minimum Gasteiger partial charge on any atom is -0.449 e. The van der Waals surface area contributed by atoms with Gasteiger partial charge in [-0.3, -0.25) is 0 Å². The van der Waals surface area contributed by atoms with E-state index in [0.717, 1.165) is 4.47 Å². The van der Waals surface area contributed by atoms with Crippen LogP contribution in [-0.2, 0) is 0 Å². The molecule has 0 bridgehead atoms. The number of halogens is 5. The van der Waals surface area contributed by atoms with E-state index in [-0.39, 0.29) is 5.02 Å². The van der Waals surface area contributed by atoms with Gasteiger partial charge in [-0.05, 0) is 31.9 Å². The molecule has 19 heavy (non-hydrogen) atoms. The lowest BCUT2D eigenvalue weighted by Gasteiger charge is -2.22. The minimum atomic E-state index is 0.288. The lowest BCUT2D eigenvalue weighted by atomic mass is 10.2. The van der Waals surface area contributed by atoms with Crippen molar-refractivity contribution in [3.63, 3.8) is 0 Å². The Bertz CT molecular complexity index is 704. The normalized spacial score (nSPS) is 12.3. The van der Waals surface area contributed by atoms with E-state index in [1.807, 2.05) is 0 Å². The van der Waals surface area contributed by atoms with E-state index >= 15 is 0 Å². The highest BCUT2D eigenvalue weighted by Crippen LogP contribution is 2.53. The minimum absolute atomic E-state index is 0.288. The van der Waals surface area contributed by atoms with E-state index in [0.29, 0.717) is 37.5 Å². The van der Waals surface area contributed by atoms with Gasteiger partial charge in [-0.2, -0.15) is 0 Å². The van der Waals surface area contributed by atoms with Crippen LogP contribution in [0.25, 0.3) is 0 Å². The van der Waals surface area contributed by atoms with Gasteiger partial charge in [0.15, 0.2) is 23.0 Å². The quantitative estimate of drug-likeness (QED) is 0.345. The largest absolute Gasteiger partial charge is 0.449 e. The van der Waals surface area contributed by atoms with E-state index < -0.39 is 0 Å². The second kappa shape index (κ2) is 5.01. The molecule has 0 aromatic heterocycles. The second-order valence-corrected chi connectivity index (χ2v) is 6.60. The molecule has 1 aliphatic rings. The molecule has 2 aromatic carbocycles. The molecule has 0 unspecified atom stereocenters. The summed E-state index contributed by atoms with van der Waals surface area (Å²) in [4.78, 5) is 0. The van der Waals surface area contributed by atoms with Gasteiger partial charge < -0.3 is 9.47 Å². The van der Waals surface area contributed by atoms with Crippen molar-refractivity contribution in [2.24, 2.45) is 0 Å². The molecule has 3 rings (SSSR count). The molecule has 1 heterocycles. The molecular formula is C12H3Br2Cl3O2. The fourth-order valence-corrected chi connectivity index (χ4v) is 3.00. The van der Waals surface area contributed by atoms with Crippen LogP contribution in [0.15, 0.2) is 27.1 Å². The third-order valence-corrected chi connectivity index (χ3v) is 5.40. The van der Waals surface area contributed by atoms with Crippen molar-refractivity contribution in [1.29, 1.82) is 0 Å². The van der Waals surface area contributed by atoms with Gasteiger partial charge in [0.25, 0.3) is 0 Å². The lowest BCUT2D eigenvalue weighted by molar-refractivity contribution is 0.359. The first kappa shape index (κ1) is 13.8. The number of benzene rings is 2. The van der Waals surface area contributed by atoms with Gasteiger partial charge in [-0.25, -0.2) is 0 Å². The zero-order chi connectivity index (χ0) is 13.7. The van der Waals surface area contributed by atoms with Crippen molar-refractivity contribution in [2.75, 3.05) is 0 Å². The maximum Gasteiger partial charge on any atom is 0.190 e. The molecule has 0 spiro atoms. The summed E-state index contributed by atoms with van der Waals surface area (Å²) in [6.45, 7) is 0. The molecule has 1 aliphatic heterocycles. The summed E-state index contributed by atoms with van der Waals surface area (Å²) in [6.07, 6.45) is 0. The first-order chi connectivity index (χ1) is 8.97. The number of rotatable bonds is 0. The van der Waals surface area contributed by atoms with Gasteiger partial charge in [0, 0.05) is 27.1 Å². The van der Waals surface area contributed by atoms with Gasteiger partial charge in [0.2, 0.25) is 0 Å². The van der Waals surface area contributed by atoms with Crippen molar-refractivity contribution < 1.29 is 9.47 Å². The standard InChI is InChI=1S/C12H3Br2Cl3O2/c13-4-1-7-8(3-6(4)15)19-12-9(18-7)2-5(14)10(16)11(12)17/h1-3H. The summed E-state index contributed by atoms with van der Waals surface area (Å²) in [6, 6.07) is 5.09. The molecule has 0 aliphatic carbocycles. The predicted octanol–water partition coefficient (Wildman–Crippen LogP) is 7.07. The maximum absolute atomic E-state index is 6.14. The van der Waals surface area contributed by atoms with Gasteiger partial charge in [0.1, 0.15) is 5.02 Å². The van der Waals surface area contributed by atoms with Crippen LogP contribution in [0.3, 0.4) is 0 Å². The van der Waals surface area contributed by atoms with E-state index in [1.54, 1.807) is 18.2 Å². The Hall–Kier alpha value is -0.130. The van der Waals surface area contributed by atoms with Crippen LogP contribution >= 0.6 is 66.7 Å². The molecule has 2 nitrogen and oxygen atoms in total. The topological polar surface area (TPSA) is 18.5 Å². The number of hydrogen-bond acceptors (Lipinski definition) is 2. The first-order valence-electron chi connectivity index (χ1n) is 4.99. The zero-order valence-corrected chi connectivity index (χ0v) is 14.4. The molecule has 0 radical (unpaired) electrons. The second-order valence-electron chi connectivity index (χ2n) is 3.73. The summed E-state index contributed by atoms with van der Waals surface area (Å²) in [7, 11) is 0. The van der Waals surface area contributed by atoms with Crippen molar-refractivity contribution >= 4 is 66.7 Å². The third-order valence-electron chi connectivity index (χ3n) is 2.50. The molecule has 0 saturated carbocycles. The van der Waals surface area contributed by atoms with E-state index in [1.165, 1.54) is 0 Å². The molecule has 0 saturated heterocycles. The Kier molecular flexibility index (Phi) is 3.65. The van der Waals surface area contributed by atoms with Crippen LogP contribution < -0.4 is 9.47 Å². The van der Waals surface area contributed by atoms with Gasteiger partial charge in [0.05, 0.1) is 10.0 Å². The summed E-state index contributed by atoms with van der Waals surface area (Å²) in [5, 5.41) is 1.18. The van der Waals surface area contributed by atoms with Crippen LogP contribution in [0.5, 0.6) is 23.0 Å². The van der Waals surface area contributed by atoms with Crippen molar-refractivity contribution in [3.05, 3.63) is 42.2 Å². The van der Waals surface area contributed by atoms with Crippen LogP contribution in [0.4, 0.5) is 0 Å². The summed E-state index contributed by atoms with van der Waals surface area (Å²) < 4.78 is 12.8. The average Bonchev–Trinajstić information content (AvgIpc) is 2.37. The van der Waals surface area contributed by atoms with Crippen molar-refractivity contribution in [3.8, 4) is 23.0 Å². The third kappa shape index (κ3) is 2.34. The summed E-state index contributed by atoms with van der Waals surface area (Å²) in [5.74, 6) is 1.90. The van der Waals surface area contributed by atoms with Crippen molar-refractivity contribution in [1.82, 2.24) is 0 Å². The fraction of sp³-hybridized carbons (Fsp3) is 0. The van der Waals surface area contributed by atoms with Crippen LogP contribution in [0.2, 0.25) is 15.1 Å². The molecule has 98 valence electrons. The zero-order valence-electron chi connectivity index (χ0n) is 8.94. The molecule has 0 atom stereocenters. The van der Waals surface area contributed by atoms with E-state index in [4.69, 9.17) is 44.3 Å². The molecule has 0 amide bonds. The van der Waals surface area contributed by atoms with Crippen LogP contribution in [0, 0.1) is 0 Å². The summed E-state index contributed by atoms with van der Waals surface area (Å²) in [5.41, 5.74) is 0. The predicted molar refractivity (Wildman–Crippen MR) is 83.5 cm³/mol. The first-order valence-corrected chi connectivity index (χ1v) is 7.71.